The van der Waals surface area contributed by atoms with Gasteiger partial charge in [-0.15, -0.1) is 5.10 Å². The second-order valence-corrected chi connectivity index (χ2v) is 3.85. The lowest BCUT2D eigenvalue weighted by molar-refractivity contribution is 0.476. The summed E-state index contributed by atoms with van der Waals surface area (Å²) in [7, 11) is 0. The quantitative estimate of drug-likeness (QED) is 0.653. The minimum absolute atomic E-state index is 0.222. The van der Waals surface area contributed by atoms with Gasteiger partial charge >= 0.3 is 0 Å². The van der Waals surface area contributed by atoms with E-state index >= 15 is 0 Å². The van der Waals surface area contributed by atoms with Crippen LogP contribution < -0.4 is 0 Å². The predicted molar refractivity (Wildman–Crippen MR) is 56.7 cm³/mol. The molecule has 74 valence electrons. The number of rotatable bonds is 1. The molecule has 2 heterocycles. The first-order valence-corrected chi connectivity index (χ1v) is 5.07. The normalized spacial score (nSPS) is 10.9. The Morgan fingerprint density at radius 1 is 1.33 bits per heavy atom. The number of benzene rings is 1. The maximum absolute atomic E-state index is 9.30. The Balaban J connectivity index is 2.22. The molecule has 0 spiro atoms. The summed E-state index contributed by atoms with van der Waals surface area (Å²) in [6.07, 6.45) is 1.65. The number of imidazole rings is 1. The molecule has 0 saturated carbocycles. The van der Waals surface area contributed by atoms with Crippen molar-refractivity contribution in [3.05, 3.63) is 24.4 Å². The summed E-state index contributed by atoms with van der Waals surface area (Å²) in [5.41, 5.74) is 1.62. The molecule has 6 heteroatoms. The van der Waals surface area contributed by atoms with Crippen LogP contribution in [0.4, 0.5) is 0 Å². The van der Waals surface area contributed by atoms with Crippen molar-refractivity contribution in [1.29, 1.82) is 0 Å². The van der Waals surface area contributed by atoms with Gasteiger partial charge in [-0.25, -0.2) is 4.98 Å². The highest BCUT2D eigenvalue weighted by molar-refractivity contribution is 7.09. The van der Waals surface area contributed by atoms with Gasteiger partial charge in [0.25, 0.3) is 0 Å². The van der Waals surface area contributed by atoms with E-state index in [9.17, 15) is 5.11 Å². The van der Waals surface area contributed by atoms with Crippen LogP contribution in [0.25, 0.3) is 21.7 Å². The highest BCUT2D eigenvalue weighted by Crippen LogP contribution is 2.24. The van der Waals surface area contributed by atoms with Gasteiger partial charge in [-0.05, 0) is 23.7 Å². The molecule has 0 amide bonds. The summed E-state index contributed by atoms with van der Waals surface area (Å²) >= 11 is 1.28. The average molecular weight is 218 g/mol. The summed E-state index contributed by atoms with van der Waals surface area (Å²) in [5.74, 6) is 0.950. The number of aromatic amines is 1. The van der Waals surface area contributed by atoms with Gasteiger partial charge in [-0.3, -0.25) is 0 Å². The third-order valence-corrected chi connectivity index (χ3v) is 2.73. The lowest BCUT2D eigenvalue weighted by Crippen LogP contribution is -1.72. The van der Waals surface area contributed by atoms with Gasteiger partial charge in [-0.2, -0.15) is 0 Å². The lowest BCUT2D eigenvalue weighted by atomic mass is 10.3. The first-order chi connectivity index (χ1) is 7.33. The van der Waals surface area contributed by atoms with E-state index in [1.807, 2.05) is 0 Å². The van der Waals surface area contributed by atoms with Gasteiger partial charge < -0.3 is 10.1 Å². The molecule has 3 aromatic rings. The number of hydrogen-bond donors (Lipinski definition) is 2. The minimum Gasteiger partial charge on any atom is -0.508 e. The van der Waals surface area contributed by atoms with Crippen LogP contribution in [0.2, 0.25) is 0 Å². The Labute approximate surface area is 88.6 Å². The second-order valence-electron chi connectivity index (χ2n) is 3.07. The molecular weight excluding hydrogens is 212 g/mol. The van der Waals surface area contributed by atoms with Crippen LogP contribution in [-0.4, -0.2) is 24.7 Å². The Morgan fingerprint density at radius 2 is 2.27 bits per heavy atom. The number of aromatic nitrogens is 4. The number of hydrogen-bond acceptors (Lipinski definition) is 5. The number of nitrogens with one attached hydrogen (secondary N) is 1. The lowest BCUT2D eigenvalue weighted by Gasteiger charge is -1.88. The fourth-order valence-electron chi connectivity index (χ4n) is 1.39. The number of phenols is 1. The van der Waals surface area contributed by atoms with E-state index < -0.39 is 0 Å². The highest BCUT2D eigenvalue weighted by Gasteiger charge is 2.07. The first kappa shape index (κ1) is 8.37. The van der Waals surface area contributed by atoms with E-state index in [2.05, 4.69) is 19.6 Å². The monoisotopic (exact) mass is 218 g/mol. The smallest absolute Gasteiger partial charge is 0.151 e. The highest BCUT2D eigenvalue weighted by atomic mass is 32.1. The molecule has 0 unspecified atom stereocenters. The van der Waals surface area contributed by atoms with Crippen LogP contribution in [-0.2, 0) is 0 Å². The van der Waals surface area contributed by atoms with Gasteiger partial charge in [0.1, 0.15) is 10.6 Å². The SMILES string of the molecule is Oc1ccc2nc(-c3cnns3)[nH]c2c1. The molecule has 0 saturated heterocycles. The Morgan fingerprint density at radius 3 is 3.07 bits per heavy atom. The molecule has 5 nitrogen and oxygen atoms in total. The number of nitrogens with zero attached hydrogens (tertiary/aromatic N) is 3. The van der Waals surface area contributed by atoms with E-state index in [-0.39, 0.29) is 5.75 Å². The molecule has 0 aliphatic rings. The van der Waals surface area contributed by atoms with Crippen LogP contribution in [0, 0.1) is 0 Å². The van der Waals surface area contributed by atoms with Gasteiger partial charge in [0.2, 0.25) is 0 Å². The molecule has 0 atom stereocenters. The summed E-state index contributed by atoms with van der Waals surface area (Å²) in [6.45, 7) is 0. The van der Waals surface area contributed by atoms with E-state index in [4.69, 9.17) is 0 Å². The molecule has 2 aromatic heterocycles. The molecular formula is C9H6N4OS. The van der Waals surface area contributed by atoms with E-state index in [1.54, 1.807) is 24.4 Å². The van der Waals surface area contributed by atoms with Crippen molar-refractivity contribution in [2.75, 3.05) is 0 Å². The first-order valence-electron chi connectivity index (χ1n) is 4.29. The molecule has 2 N–H and O–H groups in total. The van der Waals surface area contributed by atoms with Crippen molar-refractivity contribution >= 4 is 22.6 Å². The third-order valence-electron chi connectivity index (χ3n) is 2.06. The topological polar surface area (TPSA) is 74.7 Å². The predicted octanol–water partition coefficient (Wildman–Crippen LogP) is 1.79. The van der Waals surface area contributed by atoms with Crippen molar-refractivity contribution in [3.8, 4) is 16.5 Å². The largest absolute Gasteiger partial charge is 0.508 e. The van der Waals surface area contributed by atoms with E-state index in [0.717, 1.165) is 21.7 Å². The maximum atomic E-state index is 9.30. The second kappa shape index (κ2) is 3.03. The average Bonchev–Trinajstić information content (AvgIpc) is 2.84. The zero-order valence-electron chi connectivity index (χ0n) is 7.51. The summed E-state index contributed by atoms with van der Waals surface area (Å²) in [6, 6.07) is 5.01. The molecule has 0 aliphatic heterocycles. The van der Waals surface area contributed by atoms with Gasteiger partial charge in [0, 0.05) is 6.07 Å². The summed E-state index contributed by atoms with van der Waals surface area (Å²) in [5, 5.41) is 13.0. The molecule has 0 radical (unpaired) electrons. The molecule has 0 aliphatic carbocycles. The zero-order chi connectivity index (χ0) is 10.3. The van der Waals surface area contributed by atoms with Crippen LogP contribution in [0.15, 0.2) is 24.4 Å². The molecule has 0 bridgehead atoms. The fraction of sp³-hybridized carbons (Fsp3) is 0. The fourth-order valence-corrected chi connectivity index (χ4v) is 1.85. The molecule has 1 aromatic carbocycles. The van der Waals surface area contributed by atoms with Gasteiger partial charge in [0.05, 0.1) is 17.2 Å². The van der Waals surface area contributed by atoms with Crippen LogP contribution >= 0.6 is 11.5 Å². The van der Waals surface area contributed by atoms with E-state index in [0.29, 0.717) is 0 Å². The van der Waals surface area contributed by atoms with Gasteiger partial charge in [0.15, 0.2) is 5.82 Å². The third kappa shape index (κ3) is 1.35. The standard InChI is InChI=1S/C9H6N4OS/c14-5-1-2-6-7(3-5)12-9(11-6)8-4-10-13-15-8/h1-4,14H,(H,11,12). The van der Waals surface area contributed by atoms with Crippen molar-refractivity contribution in [2.24, 2.45) is 0 Å². The van der Waals surface area contributed by atoms with Crippen LogP contribution in [0.1, 0.15) is 0 Å². The molecule has 0 fully saturated rings. The van der Waals surface area contributed by atoms with E-state index in [1.165, 1.54) is 11.5 Å². The number of fused-ring (bicyclic) bond motifs is 1. The zero-order valence-corrected chi connectivity index (χ0v) is 8.32. The van der Waals surface area contributed by atoms with Crippen molar-refractivity contribution < 1.29 is 5.11 Å². The van der Waals surface area contributed by atoms with Crippen molar-refractivity contribution in [3.63, 3.8) is 0 Å². The molecule has 15 heavy (non-hydrogen) atoms. The number of aromatic hydroxyl groups is 1. The van der Waals surface area contributed by atoms with Crippen molar-refractivity contribution in [2.45, 2.75) is 0 Å². The summed E-state index contributed by atoms with van der Waals surface area (Å²) < 4.78 is 3.77. The number of phenolic OH excluding ortho intramolecular Hbond substituents is 1. The Bertz CT molecular complexity index is 602. The number of H-pyrrole nitrogens is 1. The molecule has 3 rings (SSSR count). The minimum atomic E-state index is 0.222. The van der Waals surface area contributed by atoms with Crippen LogP contribution in [0.5, 0.6) is 5.75 Å². The summed E-state index contributed by atoms with van der Waals surface area (Å²) in [4.78, 5) is 8.34. The van der Waals surface area contributed by atoms with Crippen LogP contribution in [0.3, 0.4) is 0 Å². The maximum Gasteiger partial charge on any atom is 0.151 e. The van der Waals surface area contributed by atoms with Gasteiger partial charge in [-0.1, -0.05) is 4.49 Å². The Kier molecular flexibility index (Phi) is 1.69. The Hall–Kier alpha value is -1.95. The van der Waals surface area contributed by atoms with Crippen molar-refractivity contribution in [1.82, 2.24) is 19.6 Å².